The molecule has 0 bridgehead atoms. The number of nitrogens with one attached hydrogen (secondary N) is 2. The minimum absolute atomic E-state index is 0.248. The van der Waals surface area contributed by atoms with Crippen LogP contribution in [0.15, 0.2) is 84.9 Å². The summed E-state index contributed by atoms with van der Waals surface area (Å²) >= 11 is 0. The van der Waals surface area contributed by atoms with E-state index in [1.165, 1.54) is 4.90 Å². The van der Waals surface area contributed by atoms with Crippen LogP contribution in [0.5, 0.6) is 0 Å². The molecule has 4 aromatic carbocycles. The highest BCUT2D eigenvalue weighted by Crippen LogP contribution is 2.26. The molecule has 6 rings (SSSR count). The third kappa shape index (κ3) is 6.30. The minimum Gasteiger partial charge on any atom is -0.465 e. The molecule has 0 saturated heterocycles. The van der Waals surface area contributed by atoms with Gasteiger partial charge in [-0.05, 0) is 62.1 Å². The Morgan fingerprint density at radius 2 is 1.00 bits per heavy atom. The fourth-order valence-electron chi connectivity index (χ4n) is 5.87. The van der Waals surface area contributed by atoms with Gasteiger partial charge in [-0.25, -0.2) is 14.8 Å². The first-order valence-corrected chi connectivity index (χ1v) is 15.4. The molecule has 0 aliphatic carbocycles. The summed E-state index contributed by atoms with van der Waals surface area (Å²) in [5.41, 5.74) is 6.05. The fourth-order valence-corrected chi connectivity index (χ4v) is 5.87. The van der Waals surface area contributed by atoms with E-state index in [9.17, 15) is 19.5 Å². The Bertz CT molecular complexity index is 1980. The van der Waals surface area contributed by atoms with Crippen molar-refractivity contribution in [1.29, 1.82) is 0 Å². The van der Waals surface area contributed by atoms with Crippen LogP contribution in [0.25, 0.3) is 43.6 Å². The van der Waals surface area contributed by atoms with Crippen molar-refractivity contribution in [3.8, 4) is 0 Å². The molecule has 3 amide bonds. The van der Waals surface area contributed by atoms with Crippen molar-refractivity contribution in [2.75, 3.05) is 26.2 Å². The van der Waals surface area contributed by atoms with Crippen LogP contribution in [0.1, 0.15) is 44.7 Å². The topological polar surface area (TPSA) is 125 Å². The Morgan fingerprint density at radius 3 is 1.41 bits per heavy atom. The average Bonchev–Trinajstić information content (AvgIpc) is 3.05. The van der Waals surface area contributed by atoms with Crippen LogP contribution in [-0.4, -0.2) is 64.1 Å². The molecule has 0 saturated carbocycles. The summed E-state index contributed by atoms with van der Waals surface area (Å²) in [7, 11) is 0. The summed E-state index contributed by atoms with van der Waals surface area (Å²) in [6, 6.07) is 27.1. The molecule has 0 aliphatic rings. The molecule has 46 heavy (non-hydrogen) atoms. The second kappa shape index (κ2) is 13.2. The molecule has 0 spiro atoms. The summed E-state index contributed by atoms with van der Waals surface area (Å²) in [6.45, 7) is 5.12. The number of aromatic nitrogens is 2. The van der Waals surface area contributed by atoms with Crippen LogP contribution < -0.4 is 10.6 Å². The van der Waals surface area contributed by atoms with Crippen molar-refractivity contribution in [2.24, 2.45) is 0 Å². The minimum atomic E-state index is -1.04. The number of carbonyl (C=O) groups excluding carboxylic acids is 2. The zero-order chi connectivity index (χ0) is 32.2. The number of rotatable bonds is 10. The third-order valence-corrected chi connectivity index (χ3v) is 8.28. The normalized spacial score (nSPS) is 11.3. The lowest BCUT2D eigenvalue weighted by atomic mass is 10.0. The van der Waals surface area contributed by atoms with E-state index in [0.29, 0.717) is 48.1 Å². The molecule has 0 fully saturated rings. The number of para-hydroxylation sites is 4. The van der Waals surface area contributed by atoms with Crippen LogP contribution in [0.3, 0.4) is 0 Å². The van der Waals surface area contributed by atoms with Crippen LogP contribution in [-0.2, 0) is 0 Å². The van der Waals surface area contributed by atoms with Gasteiger partial charge >= 0.3 is 6.09 Å². The van der Waals surface area contributed by atoms with Crippen molar-refractivity contribution < 1.29 is 19.5 Å². The lowest BCUT2D eigenvalue weighted by molar-refractivity contribution is 0.0947. The van der Waals surface area contributed by atoms with E-state index < -0.39 is 6.09 Å². The van der Waals surface area contributed by atoms with Crippen LogP contribution in [0.4, 0.5) is 4.79 Å². The van der Waals surface area contributed by atoms with Gasteiger partial charge in [0.25, 0.3) is 11.8 Å². The first kappa shape index (κ1) is 30.5. The standard InChI is InChI=1S/C37H35N5O4/c1-23-9-3-11-25-21-27-13-5-15-29(33(27)40-31(23)25)35(43)38-17-7-19-42(37(45)46)20-8-18-39-36(44)30-16-6-14-28-22-26-12-4-10-24(2)32(26)41-34(28)30/h3-6,9-16,21-22H,7-8,17-20H2,1-2H3,(H,38,43)(H,39,44)(H,45,46). The van der Waals surface area contributed by atoms with Gasteiger partial charge in [0, 0.05) is 47.7 Å². The van der Waals surface area contributed by atoms with Gasteiger partial charge in [0.2, 0.25) is 0 Å². The van der Waals surface area contributed by atoms with Crippen molar-refractivity contribution >= 4 is 61.5 Å². The zero-order valence-electron chi connectivity index (χ0n) is 25.8. The molecule has 6 aromatic rings. The van der Waals surface area contributed by atoms with Gasteiger partial charge in [-0.1, -0.05) is 60.7 Å². The molecule has 9 nitrogen and oxygen atoms in total. The fraction of sp³-hybridized carbons (Fsp3) is 0.216. The smallest absolute Gasteiger partial charge is 0.407 e. The second-order valence-corrected chi connectivity index (χ2v) is 11.5. The lowest BCUT2D eigenvalue weighted by Gasteiger charge is -2.19. The molecule has 0 radical (unpaired) electrons. The van der Waals surface area contributed by atoms with Crippen molar-refractivity contribution in [3.05, 3.63) is 107 Å². The van der Waals surface area contributed by atoms with E-state index in [4.69, 9.17) is 9.97 Å². The van der Waals surface area contributed by atoms with Gasteiger partial charge in [0.15, 0.2) is 0 Å². The number of fused-ring (bicyclic) bond motifs is 4. The number of nitrogens with zero attached hydrogens (tertiary/aromatic N) is 3. The van der Waals surface area contributed by atoms with E-state index in [-0.39, 0.29) is 24.9 Å². The molecule has 2 aromatic heterocycles. The summed E-state index contributed by atoms with van der Waals surface area (Å²) < 4.78 is 0. The number of carbonyl (C=O) groups is 3. The predicted octanol–water partition coefficient (Wildman–Crippen LogP) is 6.63. The summed E-state index contributed by atoms with van der Waals surface area (Å²) in [4.78, 5) is 49.0. The number of hydrogen-bond acceptors (Lipinski definition) is 5. The largest absolute Gasteiger partial charge is 0.465 e. The third-order valence-electron chi connectivity index (χ3n) is 8.28. The van der Waals surface area contributed by atoms with Gasteiger partial charge < -0.3 is 20.6 Å². The predicted molar refractivity (Wildman–Crippen MR) is 181 cm³/mol. The monoisotopic (exact) mass is 613 g/mol. The molecule has 2 heterocycles. The molecule has 232 valence electrons. The number of amides is 3. The van der Waals surface area contributed by atoms with Crippen molar-refractivity contribution in [1.82, 2.24) is 25.5 Å². The Hall–Kier alpha value is -5.57. The summed E-state index contributed by atoms with van der Waals surface area (Å²) in [6.07, 6.45) is -0.155. The highest BCUT2D eigenvalue weighted by molar-refractivity contribution is 6.09. The average molecular weight is 614 g/mol. The summed E-state index contributed by atoms with van der Waals surface area (Å²) in [5, 5.41) is 19.4. The molecule has 3 N–H and O–H groups in total. The first-order chi connectivity index (χ1) is 22.3. The van der Waals surface area contributed by atoms with Crippen LogP contribution in [0.2, 0.25) is 0 Å². The Balaban J connectivity index is 1.01. The van der Waals surface area contributed by atoms with E-state index in [1.807, 2.05) is 86.6 Å². The Kier molecular flexibility index (Phi) is 8.74. The maximum absolute atomic E-state index is 13.1. The van der Waals surface area contributed by atoms with Gasteiger partial charge in [-0.2, -0.15) is 0 Å². The zero-order valence-corrected chi connectivity index (χ0v) is 25.8. The van der Waals surface area contributed by atoms with E-state index in [1.54, 1.807) is 12.1 Å². The molecular weight excluding hydrogens is 578 g/mol. The molecule has 0 atom stereocenters. The molecule has 0 unspecified atom stereocenters. The number of hydrogen-bond donors (Lipinski definition) is 3. The SMILES string of the molecule is Cc1cccc2cc3cccc(C(=O)NCCCN(CCCNC(=O)c4cccc5cc6cccc(C)c6nc45)C(=O)O)c3nc12. The molecular formula is C37H35N5O4. The summed E-state index contributed by atoms with van der Waals surface area (Å²) in [5.74, 6) is -0.497. The quantitative estimate of drug-likeness (QED) is 0.118. The maximum atomic E-state index is 13.1. The van der Waals surface area contributed by atoms with Gasteiger partial charge in [-0.15, -0.1) is 0 Å². The molecule has 0 aliphatic heterocycles. The number of aryl methyl sites for hydroxylation is 2. The van der Waals surface area contributed by atoms with E-state index in [0.717, 1.165) is 43.7 Å². The van der Waals surface area contributed by atoms with Crippen molar-refractivity contribution in [3.63, 3.8) is 0 Å². The lowest BCUT2D eigenvalue weighted by Crippen LogP contribution is -2.36. The van der Waals surface area contributed by atoms with Gasteiger partial charge in [0.05, 0.1) is 33.2 Å². The molecule has 9 heteroatoms. The second-order valence-electron chi connectivity index (χ2n) is 11.5. The van der Waals surface area contributed by atoms with Gasteiger partial charge in [-0.3, -0.25) is 9.59 Å². The highest BCUT2D eigenvalue weighted by atomic mass is 16.4. The van der Waals surface area contributed by atoms with E-state index in [2.05, 4.69) is 10.6 Å². The van der Waals surface area contributed by atoms with Crippen LogP contribution in [0, 0.1) is 13.8 Å². The maximum Gasteiger partial charge on any atom is 0.407 e. The van der Waals surface area contributed by atoms with Crippen LogP contribution >= 0.6 is 0 Å². The van der Waals surface area contributed by atoms with Gasteiger partial charge in [0.1, 0.15) is 0 Å². The number of benzene rings is 4. The van der Waals surface area contributed by atoms with E-state index >= 15 is 0 Å². The number of carboxylic acid groups (broad SMARTS) is 1. The Labute approximate surface area is 266 Å². The number of pyridine rings is 2. The van der Waals surface area contributed by atoms with Crippen molar-refractivity contribution in [2.45, 2.75) is 26.7 Å². The Morgan fingerprint density at radius 1 is 0.609 bits per heavy atom. The highest BCUT2D eigenvalue weighted by Gasteiger charge is 2.16. The first-order valence-electron chi connectivity index (χ1n) is 15.4.